The van der Waals surface area contributed by atoms with Crippen LogP contribution in [0.1, 0.15) is 51.0 Å². The van der Waals surface area contributed by atoms with Crippen LogP contribution in [0.25, 0.3) is 32.1 Å². The number of nitriles is 1. The zero-order chi connectivity index (χ0) is 33.3. The molecule has 4 fully saturated rings. The van der Waals surface area contributed by atoms with Gasteiger partial charge in [0.15, 0.2) is 5.82 Å². The van der Waals surface area contributed by atoms with Crippen molar-refractivity contribution in [3.63, 3.8) is 0 Å². The fraction of sp³-hybridized carbons (Fsp3) is 0.471. The van der Waals surface area contributed by atoms with Gasteiger partial charge in [0.25, 0.3) is 0 Å². The first-order chi connectivity index (χ1) is 23.2. The number of hydrogen-bond donors (Lipinski definition) is 1. The summed E-state index contributed by atoms with van der Waals surface area (Å²) in [5.74, 6) is -1.25. The van der Waals surface area contributed by atoms with Crippen molar-refractivity contribution in [1.29, 1.82) is 5.26 Å². The molecule has 2 unspecified atom stereocenters. The van der Waals surface area contributed by atoms with Crippen molar-refractivity contribution in [2.45, 2.75) is 63.1 Å². The molecule has 6 heterocycles. The fourth-order valence-corrected chi connectivity index (χ4v) is 9.10. The van der Waals surface area contributed by atoms with Crippen LogP contribution in [0.15, 0.2) is 18.2 Å². The second-order valence-corrected chi connectivity index (χ2v) is 14.8. The Hall–Kier alpha value is -3.99. The van der Waals surface area contributed by atoms with E-state index >= 15 is 4.39 Å². The summed E-state index contributed by atoms with van der Waals surface area (Å²) in [6.45, 7) is 6.06. The average molecular weight is 694 g/mol. The normalized spacial score (nSPS) is 21.9. The highest BCUT2D eigenvalue weighted by Gasteiger charge is 2.45. The number of hydrogen-bond acceptors (Lipinski definition) is 9. The largest absolute Gasteiger partial charge is 0.472 e. The van der Waals surface area contributed by atoms with Crippen molar-refractivity contribution in [1.82, 2.24) is 24.7 Å². The van der Waals surface area contributed by atoms with Crippen LogP contribution in [0.3, 0.4) is 0 Å². The molecule has 2 N–H and O–H groups in total. The van der Waals surface area contributed by atoms with Gasteiger partial charge in [0.05, 0.1) is 32.8 Å². The molecule has 4 saturated heterocycles. The first-order valence-electron chi connectivity index (χ1n) is 16.4. The molecule has 2 amide bonds. The van der Waals surface area contributed by atoms with Crippen molar-refractivity contribution in [3.8, 4) is 29.1 Å². The average Bonchev–Trinajstić information content (AvgIpc) is 3.84. The SMILES string of the molecule is CC1CCN1C(=O)N1CCC(Oc2nc(OCC34CCCN3CCC4)nc3c(F)c(-c4ccc(F)c5sc(N)c(C#N)c45)c(Cl)cc23)C1. The van der Waals surface area contributed by atoms with Crippen LogP contribution in [-0.4, -0.2) is 87.7 Å². The molecule has 8 rings (SSSR count). The number of amides is 2. The number of carbonyl (C=O) groups is 1. The van der Waals surface area contributed by atoms with E-state index in [1.165, 1.54) is 18.2 Å². The summed E-state index contributed by atoms with van der Waals surface area (Å²) in [5, 5.41) is 10.4. The minimum Gasteiger partial charge on any atom is -0.472 e. The van der Waals surface area contributed by atoms with E-state index in [1.54, 1.807) is 4.90 Å². The molecule has 4 aliphatic heterocycles. The molecule has 2 atom stereocenters. The second kappa shape index (κ2) is 11.9. The van der Waals surface area contributed by atoms with Gasteiger partial charge in [0, 0.05) is 36.5 Å². The molecule has 48 heavy (non-hydrogen) atoms. The van der Waals surface area contributed by atoms with E-state index in [0.717, 1.165) is 63.1 Å². The van der Waals surface area contributed by atoms with E-state index in [2.05, 4.69) is 14.9 Å². The Morgan fingerprint density at radius 3 is 2.69 bits per heavy atom. The standard InChI is InChI=1S/C34H34ClF2N7O3S/c1-18-6-13-44(18)33(45)42-12-7-19(16-42)47-31-21-14-23(35)26(20-4-5-24(36)29-25(20)22(15-38)30(39)48-29)27(37)28(21)40-32(41-31)46-17-34-8-2-10-43(34)11-3-9-34/h4-5,14,18-19H,2-3,6-13,16-17,39H2,1H3. The molecule has 10 nitrogen and oxygen atoms in total. The first-order valence-corrected chi connectivity index (χ1v) is 17.6. The number of fused-ring (bicyclic) bond motifs is 3. The van der Waals surface area contributed by atoms with Crippen LogP contribution in [0.5, 0.6) is 11.9 Å². The third-order valence-corrected chi connectivity index (χ3v) is 11.9. The zero-order valence-corrected chi connectivity index (χ0v) is 28.0. The van der Waals surface area contributed by atoms with Crippen LogP contribution in [0.2, 0.25) is 5.02 Å². The lowest BCUT2D eigenvalue weighted by molar-refractivity contribution is 0.0940. The molecule has 0 aliphatic carbocycles. The summed E-state index contributed by atoms with van der Waals surface area (Å²) >= 11 is 7.73. The smallest absolute Gasteiger partial charge is 0.320 e. The van der Waals surface area contributed by atoms with Crippen LogP contribution < -0.4 is 15.2 Å². The van der Waals surface area contributed by atoms with Gasteiger partial charge in [-0.3, -0.25) is 4.90 Å². The molecule has 0 bridgehead atoms. The van der Waals surface area contributed by atoms with Crippen molar-refractivity contribution in [2.75, 3.05) is 45.1 Å². The summed E-state index contributed by atoms with van der Waals surface area (Å²) in [6, 6.07) is 6.34. The van der Waals surface area contributed by atoms with E-state index in [9.17, 15) is 14.4 Å². The number of halogens is 3. The van der Waals surface area contributed by atoms with Gasteiger partial charge in [-0.15, -0.1) is 11.3 Å². The third-order valence-electron chi connectivity index (χ3n) is 10.6. The van der Waals surface area contributed by atoms with E-state index in [0.29, 0.717) is 26.1 Å². The van der Waals surface area contributed by atoms with Crippen molar-refractivity contribution in [3.05, 3.63) is 40.4 Å². The quantitative estimate of drug-likeness (QED) is 0.241. The molecular formula is C34H34ClF2N7O3S. The van der Waals surface area contributed by atoms with Crippen LogP contribution >= 0.6 is 22.9 Å². The number of urea groups is 1. The maximum absolute atomic E-state index is 16.9. The number of carbonyl (C=O) groups excluding carboxylic acids is 1. The highest BCUT2D eigenvalue weighted by Crippen LogP contribution is 2.46. The fourth-order valence-electron chi connectivity index (χ4n) is 7.86. The van der Waals surface area contributed by atoms with E-state index in [-0.39, 0.29) is 83.3 Å². The number of aromatic nitrogens is 2. The number of anilines is 1. The van der Waals surface area contributed by atoms with Gasteiger partial charge in [-0.05, 0) is 69.8 Å². The molecule has 0 radical (unpaired) electrons. The molecule has 14 heteroatoms. The maximum atomic E-state index is 16.9. The lowest BCUT2D eigenvalue weighted by Crippen LogP contribution is -2.54. The number of rotatable bonds is 6. The number of likely N-dealkylation sites (tertiary alicyclic amines) is 2. The van der Waals surface area contributed by atoms with Crippen molar-refractivity contribution in [2.24, 2.45) is 0 Å². The second-order valence-electron chi connectivity index (χ2n) is 13.3. The molecular weight excluding hydrogens is 660 g/mol. The summed E-state index contributed by atoms with van der Waals surface area (Å²) in [5.41, 5.74) is 6.12. The Morgan fingerprint density at radius 2 is 1.98 bits per heavy atom. The number of benzene rings is 2. The Labute approximate surface area is 285 Å². The monoisotopic (exact) mass is 693 g/mol. The zero-order valence-electron chi connectivity index (χ0n) is 26.4. The minimum atomic E-state index is -0.785. The van der Waals surface area contributed by atoms with Gasteiger partial charge in [0.2, 0.25) is 5.88 Å². The van der Waals surface area contributed by atoms with Gasteiger partial charge in [0.1, 0.15) is 35.1 Å². The summed E-state index contributed by atoms with van der Waals surface area (Å²) in [7, 11) is 0. The van der Waals surface area contributed by atoms with E-state index in [4.69, 9.17) is 26.8 Å². The highest BCUT2D eigenvalue weighted by atomic mass is 35.5. The highest BCUT2D eigenvalue weighted by molar-refractivity contribution is 7.23. The van der Waals surface area contributed by atoms with Crippen LogP contribution in [0.4, 0.5) is 18.6 Å². The van der Waals surface area contributed by atoms with Gasteiger partial charge in [-0.2, -0.15) is 15.2 Å². The predicted octanol–water partition coefficient (Wildman–Crippen LogP) is 6.57. The topological polar surface area (TPSA) is 121 Å². The summed E-state index contributed by atoms with van der Waals surface area (Å²) < 4.78 is 44.6. The predicted molar refractivity (Wildman–Crippen MR) is 179 cm³/mol. The Balaban J connectivity index is 1.20. The molecule has 4 aliphatic rings. The summed E-state index contributed by atoms with van der Waals surface area (Å²) in [4.78, 5) is 28.3. The van der Waals surface area contributed by atoms with Gasteiger partial charge < -0.3 is 25.0 Å². The lowest BCUT2D eigenvalue weighted by Gasteiger charge is -2.40. The van der Waals surface area contributed by atoms with Gasteiger partial charge in [-0.1, -0.05) is 17.7 Å². The number of ether oxygens (including phenoxy) is 2. The van der Waals surface area contributed by atoms with Crippen molar-refractivity contribution >= 4 is 55.0 Å². The lowest BCUT2D eigenvalue weighted by atomic mass is 9.95. The number of nitrogens with two attached hydrogens (primary N) is 1. The molecule has 2 aromatic heterocycles. The number of thiophene rings is 1. The van der Waals surface area contributed by atoms with E-state index < -0.39 is 11.6 Å². The summed E-state index contributed by atoms with van der Waals surface area (Å²) in [6.07, 6.45) is 5.36. The van der Waals surface area contributed by atoms with Gasteiger partial charge in [-0.25, -0.2) is 13.6 Å². The van der Waals surface area contributed by atoms with Crippen LogP contribution in [-0.2, 0) is 0 Å². The Kier molecular flexibility index (Phi) is 7.73. The molecule has 0 spiro atoms. The molecule has 250 valence electrons. The third kappa shape index (κ3) is 4.99. The number of nitrogen functional groups attached to an aromatic ring is 1. The molecule has 4 aromatic rings. The Morgan fingerprint density at radius 1 is 1.19 bits per heavy atom. The number of nitrogens with zero attached hydrogens (tertiary/aromatic N) is 6. The van der Waals surface area contributed by atoms with Gasteiger partial charge >= 0.3 is 12.0 Å². The van der Waals surface area contributed by atoms with Crippen LogP contribution in [0, 0.1) is 23.0 Å². The molecule has 2 aromatic carbocycles. The first kappa shape index (κ1) is 31.3. The molecule has 0 saturated carbocycles. The minimum absolute atomic E-state index is 0.00475. The maximum Gasteiger partial charge on any atom is 0.320 e. The van der Waals surface area contributed by atoms with E-state index in [1.807, 2.05) is 17.9 Å². The Bertz CT molecular complexity index is 2010. The van der Waals surface area contributed by atoms with Crippen molar-refractivity contribution < 1.29 is 23.0 Å².